The van der Waals surface area contributed by atoms with Crippen LogP contribution in [-0.4, -0.2) is 19.2 Å². The summed E-state index contributed by atoms with van der Waals surface area (Å²) in [6, 6.07) is 7.41. The zero-order valence-corrected chi connectivity index (χ0v) is 10.3. The summed E-state index contributed by atoms with van der Waals surface area (Å²) >= 11 is 0. The molecule has 0 radical (unpaired) electrons. The molecule has 0 spiro atoms. The molecule has 1 N–H and O–H groups in total. The largest absolute Gasteiger partial charge is 0.508 e. The molecule has 0 atom stereocenters. The van der Waals surface area contributed by atoms with Gasteiger partial charge >= 0.3 is 0 Å². The first-order chi connectivity index (χ1) is 6.39. The predicted octanol–water partition coefficient (Wildman–Crippen LogP) is 3.05. The fourth-order valence-corrected chi connectivity index (χ4v) is 2.16. The van der Waals surface area contributed by atoms with Crippen molar-refractivity contribution in [1.29, 1.82) is 0 Å². The van der Waals surface area contributed by atoms with E-state index in [2.05, 4.69) is 33.0 Å². The highest BCUT2D eigenvalue weighted by atomic mass is 28.2. The third-order valence-corrected chi connectivity index (χ3v) is 5.59. The van der Waals surface area contributed by atoms with E-state index in [1.165, 1.54) is 5.56 Å². The Morgan fingerprint density at radius 1 is 1.14 bits per heavy atom. The van der Waals surface area contributed by atoms with Crippen molar-refractivity contribution in [3.05, 3.63) is 29.8 Å². The van der Waals surface area contributed by atoms with Crippen molar-refractivity contribution in [1.82, 2.24) is 0 Å². The number of benzene rings is 1. The number of rotatable bonds is 1. The van der Waals surface area contributed by atoms with Crippen molar-refractivity contribution in [3.8, 4) is 5.75 Å². The highest BCUT2D eigenvalue weighted by Crippen LogP contribution is 2.22. The van der Waals surface area contributed by atoms with Gasteiger partial charge in [-0.05, 0) is 22.7 Å². The van der Waals surface area contributed by atoms with Gasteiger partial charge in [-0.25, -0.2) is 0 Å². The van der Waals surface area contributed by atoms with Gasteiger partial charge in [-0.15, -0.1) is 0 Å². The monoisotopic (exact) mass is 206 g/mol. The van der Waals surface area contributed by atoms with Gasteiger partial charge in [0.05, 0.1) is 0 Å². The zero-order valence-electron chi connectivity index (χ0n) is 9.33. The Balaban J connectivity index is 2.93. The Labute approximate surface area is 87.6 Å². The molecule has 0 saturated carbocycles. The Morgan fingerprint density at radius 2 is 1.64 bits per heavy atom. The number of phenolic OH excluding ortho intramolecular Hbond substituents is 1. The maximum atomic E-state index is 9.15. The van der Waals surface area contributed by atoms with Gasteiger partial charge in [0, 0.05) is 8.41 Å². The van der Waals surface area contributed by atoms with Gasteiger partial charge in [-0.2, -0.15) is 0 Å². The van der Waals surface area contributed by atoms with E-state index in [1.54, 1.807) is 12.1 Å². The summed E-state index contributed by atoms with van der Waals surface area (Å²) in [5.41, 5.74) is 3.55. The quantitative estimate of drug-likeness (QED) is 0.700. The lowest BCUT2D eigenvalue weighted by molar-refractivity contribution is 0.475. The van der Waals surface area contributed by atoms with Crippen LogP contribution in [0.5, 0.6) is 5.75 Å². The highest BCUT2D eigenvalue weighted by Gasteiger charge is 2.12. The van der Waals surface area contributed by atoms with Gasteiger partial charge in [0.1, 0.15) is 5.75 Å². The van der Waals surface area contributed by atoms with Crippen molar-refractivity contribution >= 4 is 14.1 Å². The molecule has 0 amide bonds. The molecule has 1 aromatic carbocycles. The second-order valence-electron chi connectivity index (χ2n) is 4.67. The minimum Gasteiger partial charge on any atom is -0.508 e. The summed E-state index contributed by atoms with van der Waals surface area (Å²) in [7, 11) is -0.477. The molecule has 1 rings (SSSR count). The van der Waals surface area contributed by atoms with E-state index in [4.69, 9.17) is 5.11 Å². The maximum Gasteiger partial charge on any atom is 0.115 e. The van der Waals surface area contributed by atoms with Crippen LogP contribution in [0, 0.1) is 0 Å². The minimum absolute atomic E-state index is 0.336. The summed E-state index contributed by atoms with van der Waals surface area (Å²) in [6.45, 7) is 9.14. The summed E-state index contributed by atoms with van der Waals surface area (Å²) in [5.74, 6) is 0.336. The standard InChI is InChI=1S/C12H18OSi/c1-12(2,3)14(4)9-10-5-7-11(13)8-6-10/h5-9,13H,1-4H3/b14-9+. The fraction of sp³-hybridized carbons (Fsp3) is 0.417. The molecule has 0 aliphatic carbocycles. The van der Waals surface area contributed by atoms with Crippen LogP contribution in [0.25, 0.3) is 0 Å². The van der Waals surface area contributed by atoms with Crippen molar-refractivity contribution in [2.75, 3.05) is 0 Å². The summed E-state index contributed by atoms with van der Waals surface area (Å²) < 4.78 is 0. The van der Waals surface area contributed by atoms with Crippen LogP contribution in [0.4, 0.5) is 0 Å². The Hall–Kier alpha value is -0.893. The lowest BCUT2D eigenvalue weighted by Crippen LogP contribution is -2.15. The molecule has 0 saturated heterocycles. The van der Waals surface area contributed by atoms with Gasteiger partial charge in [0.15, 0.2) is 0 Å². The first kappa shape index (κ1) is 11.2. The molecule has 0 heterocycles. The lowest BCUT2D eigenvalue weighted by atomic mass is 10.2. The van der Waals surface area contributed by atoms with E-state index in [0.29, 0.717) is 10.8 Å². The minimum atomic E-state index is -0.477. The van der Waals surface area contributed by atoms with E-state index in [1.807, 2.05) is 12.1 Å². The van der Waals surface area contributed by atoms with E-state index in [0.717, 1.165) is 0 Å². The summed E-state index contributed by atoms with van der Waals surface area (Å²) in [6.07, 6.45) is 0. The summed E-state index contributed by atoms with van der Waals surface area (Å²) in [4.78, 5) is 0. The fourth-order valence-electron chi connectivity index (χ4n) is 1.04. The molecule has 1 nitrogen and oxygen atoms in total. The van der Waals surface area contributed by atoms with E-state index in [-0.39, 0.29) is 0 Å². The van der Waals surface area contributed by atoms with Crippen LogP contribution in [0.1, 0.15) is 26.3 Å². The van der Waals surface area contributed by atoms with Crippen LogP contribution in [0.2, 0.25) is 11.6 Å². The van der Waals surface area contributed by atoms with Crippen molar-refractivity contribution < 1.29 is 5.11 Å². The first-order valence-electron chi connectivity index (χ1n) is 4.87. The molecule has 14 heavy (non-hydrogen) atoms. The third kappa shape index (κ3) is 3.11. The average molecular weight is 206 g/mol. The van der Waals surface area contributed by atoms with Crippen molar-refractivity contribution in [2.24, 2.45) is 0 Å². The van der Waals surface area contributed by atoms with E-state index >= 15 is 0 Å². The van der Waals surface area contributed by atoms with E-state index < -0.39 is 8.41 Å². The van der Waals surface area contributed by atoms with Gasteiger partial charge in [-0.3, -0.25) is 0 Å². The highest BCUT2D eigenvalue weighted by molar-refractivity contribution is 6.69. The maximum absolute atomic E-state index is 9.15. The Kier molecular flexibility index (Phi) is 3.27. The SMILES string of the molecule is C/[Si](=C\c1ccc(O)cc1)C(C)(C)C. The zero-order chi connectivity index (χ0) is 10.8. The number of hydrogen-bond donors (Lipinski definition) is 1. The second kappa shape index (κ2) is 4.09. The Bertz CT molecular complexity index is 330. The van der Waals surface area contributed by atoms with Gasteiger partial charge < -0.3 is 5.11 Å². The third-order valence-electron chi connectivity index (χ3n) is 2.46. The van der Waals surface area contributed by atoms with E-state index in [9.17, 15) is 0 Å². The van der Waals surface area contributed by atoms with Gasteiger partial charge in [0.25, 0.3) is 0 Å². The van der Waals surface area contributed by atoms with Crippen LogP contribution in [0.15, 0.2) is 24.3 Å². The topological polar surface area (TPSA) is 20.2 Å². The molecule has 0 aliphatic rings. The van der Waals surface area contributed by atoms with Crippen LogP contribution < -0.4 is 0 Å². The second-order valence-corrected chi connectivity index (χ2v) is 7.82. The number of aromatic hydroxyl groups is 1. The Morgan fingerprint density at radius 3 is 2.07 bits per heavy atom. The lowest BCUT2D eigenvalue weighted by Gasteiger charge is -2.18. The van der Waals surface area contributed by atoms with Crippen LogP contribution >= 0.6 is 0 Å². The smallest absolute Gasteiger partial charge is 0.115 e. The van der Waals surface area contributed by atoms with Crippen molar-refractivity contribution in [3.63, 3.8) is 0 Å². The normalized spacial score (nSPS) is 13.0. The number of hydrogen-bond acceptors (Lipinski definition) is 1. The first-order valence-corrected chi connectivity index (χ1v) is 6.95. The molecule has 1 aromatic rings. The van der Waals surface area contributed by atoms with Gasteiger partial charge in [0.2, 0.25) is 0 Å². The van der Waals surface area contributed by atoms with Crippen molar-refractivity contribution in [2.45, 2.75) is 32.4 Å². The molecular weight excluding hydrogens is 188 g/mol. The predicted molar refractivity (Wildman–Crippen MR) is 64.6 cm³/mol. The molecule has 0 bridgehead atoms. The van der Waals surface area contributed by atoms with Crippen LogP contribution in [-0.2, 0) is 0 Å². The van der Waals surface area contributed by atoms with Crippen LogP contribution in [0.3, 0.4) is 0 Å². The average Bonchev–Trinajstić information content (AvgIpc) is 2.07. The molecule has 0 fully saturated rings. The molecule has 0 unspecified atom stereocenters. The number of phenols is 1. The molecule has 0 aromatic heterocycles. The molecule has 2 heteroatoms. The molecule has 0 aliphatic heterocycles. The summed E-state index contributed by atoms with van der Waals surface area (Å²) in [5, 5.41) is 9.54. The molecule has 76 valence electrons. The van der Waals surface area contributed by atoms with Gasteiger partial charge in [-0.1, -0.05) is 45.1 Å². The molecular formula is C12H18OSi.